The molecule has 0 aliphatic heterocycles. The Bertz CT molecular complexity index is 644. The highest BCUT2D eigenvalue weighted by Crippen LogP contribution is 2.19. The van der Waals surface area contributed by atoms with Crippen LogP contribution in [0.3, 0.4) is 0 Å². The Hall–Kier alpha value is -2.60. The molecule has 0 atom stereocenters. The second kappa shape index (κ2) is 6.03. The average molecular weight is 264 g/mol. The fourth-order valence-electron chi connectivity index (χ4n) is 1.90. The van der Waals surface area contributed by atoms with Crippen LogP contribution in [0.4, 0.5) is 5.69 Å². The van der Waals surface area contributed by atoms with Gasteiger partial charge < -0.3 is 4.90 Å². The molecule has 0 amide bonds. The van der Waals surface area contributed by atoms with Crippen LogP contribution in [0.5, 0.6) is 0 Å². The van der Waals surface area contributed by atoms with Crippen LogP contribution in [0.1, 0.15) is 11.1 Å². The van der Waals surface area contributed by atoms with Crippen molar-refractivity contribution >= 4 is 17.3 Å². The predicted molar refractivity (Wildman–Crippen MR) is 81.9 cm³/mol. The van der Waals surface area contributed by atoms with E-state index in [1.807, 2.05) is 80.6 Å². The summed E-state index contributed by atoms with van der Waals surface area (Å²) in [6.07, 6.45) is 5.79. The fraction of sp³-hybridized carbons (Fsp3) is 0.176. The summed E-state index contributed by atoms with van der Waals surface area (Å²) < 4.78 is 1.95. The maximum absolute atomic E-state index is 9.32. The second-order valence-electron chi connectivity index (χ2n) is 4.91. The number of pyridine rings is 1. The lowest BCUT2D eigenvalue weighted by Crippen LogP contribution is -2.25. The molecule has 0 N–H and O–H groups in total. The molecule has 0 fully saturated rings. The summed E-state index contributed by atoms with van der Waals surface area (Å²) in [5.74, 6) is 0. The Morgan fingerprint density at radius 2 is 1.70 bits per heavy atom. The first-order valence-electron chi connectivity index (χ1n) is 6.45. The molecule has 20 heavy (non-hydrogen) atoms. The lowest BCUT2D eigenvalue weighted by molar-refractivity contribution is -0.671. The summed E-state index contributed by atoms with van der Waals surface area (Å²) in [5.41, 5.74) is 3.78. The highest BCUT2D eigenvalue weighted by atomic mass is 15.1. The molecule has 2 aromatic rings. The second-order valence-corrected chi connectivity index (χ2v) is 4.91. The number of rotatable bonds is 3. The number of hydrogen-bond acceptors (Lipinski definition) is 2. The first-order chi connectivity index (χ1) is 9.60. The zero-order valence-electron chi connectivity index (χ0n) is 12.0. The number of aryl methyl sites for hydroxylation is 1. The first kappa shape index (κ1) is 13.8. The zero-order chi connectivity index (χ0) is 14.5. The number of hydrogen-bond donors (Lipinski definition) is 0. The number of anilines is 1. The van der Waals surface area contributed by atoms with Gasteiger partial charge in [0, 0.05) is 37.5 Å². The summed E-state index contributed by atoms with van der Waals surface area (Å²) >= 11 is 0. The van der Waals surface area contributed by atoms with Gasteiger partial charge in [-0.05, 0) is 23.8 Å². The number of aromatic nitrogens is 1. The molecule has 0 spiro atoms. The van der Waals surface area contributed by atoms with Gasteiger partial charge in [0.05, 0.1) is 11.6 Å². The van der Waals surface area contributed by atoms with Gasteiger partial charge in [0.1, 0.15) is 7.05 Å². The summed E-state index contributed by atoms with van der Waals surface area (Å²) in [6, 6.07) is 14.3. The minimum Gasteiger partial charge on any atom is -0.378 e. The molecule has 3 nitrogen and oxygen atoms in total. The van der Waals surface area contributed by atoms with Crippen LogP contribution in [0.2, 0.25) is 0 Å². The topological polar surface area (TPSA) is 30.9 Å². The summed E-state index contributed by atoms with van der Waals surface area (Å²) in [6.45, 7) is 0. The number of nitriles is 1. The van der Waals surface area contributed by atoms with E-state index in [1.165, 1.54) is 0 Å². The maximum atomic E-state index is 9.32. The van der Waals surface area contributed by atoms with Crippen LogP contribution in [-0.4, -0.2) is 14.1 Å². The molecule has 0 saturated heterocycles. The van der Waals surface area contributed by atoms with Crippen LogP contribution in [-0.2, 0) is 7.05 Å². The third kappa shape index (κ3) is 3.24. The highest BCUT2D eigenvalue weighted by Gasteiger charge is 2.03. The van der Waals surface area contributed by atoms with E-state index in [4.69, 9.17) is 0 Å². The number of allylic oxidation sites excluding steroid dienone is 1. The van der Waals surface area contributed by atoms with Crippen molar-refractivity contribution in [3.05, 3.63) is 59.9 Å². The first-order valence-corrected chi connectivity index (χ1v) is 6.45. The highest BCUT2D eigenvalue weighted by molar-refractivity contribution is 5.89. The van der Waals surface area contributed by atoms with Crippen molar-refractivity contribution < 1.29 is 4.57 Å². The molecule has 0 aliphatic rings. The summed E-state index contributed by atoms with van der Waals surface area (Å²) in [5, 5.41) is 9.32. The van der Waals surface area contributed by atoms with Crippen molar-refractivity contribution in [2.24, 2.45) is 7.05 Å². The molecule has 3 heteroatoms. The number of nitrogens with zero attached hydrogens (tertiary/aromatic N) is 3. The van der Waals surface area contributed by atoms with Gasteiger partial charge in [-0.25, -0.2) is 4.57 Å². The molecule has 0 aliphatic carbocycles. The van der Waals surface area contributed by atoms with Gasteiger partial charge in [-0.1, -0.05) is 12.1 Å². The van der Waals surface area contributed by atoms with Gasteiger partial charge >= 0.3 is 0 Å². The third-order valence-electron chi connectivity index (χ3n) is 3.13. The van der Waals surface area contributed by atoms with Crippen LogP contribution >= 0.6 is 0 Å². The Morgan fingerprint density at radius 1 is 1.10 bits per heavy atom. The molecule has 100 valence electrons. The standard InChI is InChI=1S/C17H18N3/c1-19(2)17-6-4-14(5-7-17)12-16(13-18)15-8-10-20(3)11-9-15/h4-12H,1-3H3/q+1. The van der Waals surface area contributed by atoms with E-state index in [0.29, 0.717) is 5.57 Å². The van der Waals surface area contributed by atoms with Gasteiger partial charge in [0.2, 0.25) is 0 Å². The van der Waals surface area contributed by atoms with Crippen LogP contribution < -0.4 is 9.47 Å². The van der Waals surface area contributed by atoms with E-state index in [-0.39, 0.29) is 0 Å². The van der Waals surface area contributed by atoms with E-state index >= 15 is 0 Å². The van der Waals surface area contributed by atoms with Crippen molar-refractivity contribution in [1.82, 2.24) is 0 Å². The predicted octanol–water partition coefficient (Wildman–Crippen LogP) is 2.64. The van der Waals surface area contributed by atoms with Crippen molar-refractivity contribution in [1.29, 1.82) is 5.26 Å². The van der Waals surface area contributed by atoms with E-state index in [0.717, 1.165) is 16.8 Å². The van der Waals surface area contributed by atoms with Gasteiger partial charge in [0.25, 0.3) is 0 Å². The van der Waals surface area contributed by atoms with E-state index in [2.05, 4.69) is 11.0 Å². The van der Waals surface area contributed by atoms with Crippen LogP contribution in [0.25, 0.3) is 11.6 Å². The molecule has 1 aromatic carbocycles. The van der Waals surface area contributed by atoms with Gasteiger partial charge in [0.15, 0.2) is 12.4 Å². The Morgan fingerprint density at radius 3 is 2.20 bits per heavy atom. The lowest BCUT2D eigenvalue weighted by atomic mass is 10.0. The third-order valence-corrected chi connectivity index (χ3v) is 3.13. The van der Waals surface area contributed by atoms with Gasteiger partial charge in [-0.2, -0.15) is 5.26 Å². The molecule has 0 radical (unpaired) electrons. The fourth-order valence-corrected chi connectivity index (χ4v) is 1.90. The zero-order valence-corrected chi connectivity index (χ0v) is 12.0. The maximum Gasteiger partial charge on any atom is 0.169 e. The summed E-state index contributed by atoms with van der Waals surface area (Å²) in [7, 11) is 5.98. The van der Waals surface area contributed by atoms with E-state index < -0.39 is 0 Å². The van der Waals surface area contributed by atoms with Crippen molar-refractivity contribution in [2.75, 3.05) is 19.0 Å². The summed E-state index contributed by atoms with van der Waals surface area (Å²) in [4.78, 5) is 2.05. The lowest BCUT2D eigenvalue weighted by Gasteiger charge is -2.11. The molecule has 1 heterocycles. The van der Waals surface area contributed by atoms with Crippen molar-refractivity contribution in [3.8, 4) is 6.07 Å². The molecule has 0 bridgehead atoms. The average Bonchev–Trinajstić information content (AvgIpc) is 2.46. The molecule has 2 rings (SSSR count). The Kier molecular flexibility index (Phi) is 4.17. The normalized spacial score (nSPS) is 11.0. The van der Waals surface area contributed by atoms with Crippen LogP contribution in [0.15, 0.2) is 48.8 Å². The van der Waals surface area contributed by atoms with Crippen molar-refractivity contribution in [3.63, 3.8) is 0 Å². The quantitative estimate of drug-likeness (QED) is 0.630. The SMILES string of the molecule is CN(C)c1ccc(/C=C(\C#N)c2cc[n+](C)cc2)cc1. The smallest absolute Gasteiger partial charge is 0.169 e. The minimum absolute atomic E-state index is 0.670. The Labute approximate surface area is 120 Å². The molecule has 1 aromatic heterocycles. The minimum atomic E-state index is 0.670. The molecular formula is C17H18N3+. The van der Waals surface area contributed by atoms with Crippen molar-refractivity contribution in [2.45, 2.75) is 0 Å². The van der Waals surface area contributed by atoms with E-state index in [9.17, 15) is 5.26 Å². The molecular weight excluding hydrogens is 246 g/mol. The monoisotopic (exact) mass is 264 g/mol. The van der Waals surface area contributed by atoms with Gasteiger partial charge in [-0.3, -0.25) is 0 Å². The Balaban J connectivity index is 2.31. The molecule has 0 unspecified atom stereocenters. The molecule has 0 saturated carbocycles. The van der Waals surface area contributed by atoms with Gasteiger partial charge in [-0.15, -0.1) is 0 Å². The number of benzene rings is 1. The largest absolute Gasteiger partial charge is 0.378 e. The van der Waals surface area contributed by atoms with Crippen LogP contribution in [0, 0.1) is 11.3 Å². The van der Waals surface area contributed by atoms with E-state index in [1.54, 1.807) is 0 Å².